The number of rotatable bonds is 3. The zero-order chi connectivity index (χ0) is 11.5. The normalized spacial score (nSPS) is 13.9. The van der Waals surface area contributed by atoms with Crippen molar-refractivity contribution in [3.8, 4) is 0 Å². The molecule has 1 unspecified atom stereocenters. The van der Waals surface area contributed by atoms with E-state index in [-0.39, 0.29) is 5.41 Å². The zero-order valence-electron chi connectivity index (χ0n) is 9.91. The summed E-state index contributed by atoms with van der Waals surface area (Å²) in [6.07, 6.45) is 2.76. The maximum absolute atomic E-state index is 11.7. The number of hydrogen-bond donors (Lipinski definition) is 0. The van der Waals surface area contributed by atoms with Crippen LogP contribution in [0, 0.1) is 0 Å². The highest BCUT2D eigenvalue weighted by Crippen LogP contribution is 2.21. The molecule has 0 aliphatic carbocycles. The first kappa shape index (κ1) is 12.4. The summed E-state index contributed by atoms with van der Waals surface area (Å²) >= 11 is 0. The highest BCUT2D eigenvalue weighted by molar-refractivity contribution is 7.84. The predicted molar refractivity (Wildman–Crippen MR) is 64.5 cm³/mol. The Balaban J connectivity index is 2.86. The van der Waals surface area contributed by atoms with Gasteiger partial charge in [0, 0.05) is 11.9 Å². The fourth-order valence-corrected chi connectivity index (χ4v) is 2.22. The van der Waals surface area contributed by atoms with Gasteiger partial charge in [-0.05, 0) is 23.5 Å². The van der Waals surface area contributed by atoms with Gasteiger partial charge in [0.15, 0.2) is 0 Å². The molecule has 15 heavy (non-hydrogen) atoms. The number of nitrogens with zero attached hydrogens (tertiary/aromatic N) is 1. The molecule has 1 aromatic heterocycles. The average molecular weight is 225 g/mol. The van der Waals surface area contributed by atoms with Crippen molar-refractivity contribution in [2.45, 2.75) is 44.6 Å². The predicted octanol–water partition coefficient (Wildman–Crippen LogP) is 2.90. The van der Waals surface area contributed by atoms with Gasteiger partial charge in [0.1, 0.15) is 5.03 Å². The highest BCUT2D eigenvalue weighted by Gasteiger charge is 2.14. The summed E-state index contributed by atoms with van der Waals surface area (Å²) in [5.74, 6) is 0.696. The van der Waals surface area contributed by atoms with Gasteiger partial charge >= 0.3 is 0 Å². The molecule has 0 spiro atoms. The molecular formula is C12H19NOS. The molecule has 0 saturated carbocycles. The minimum Gasteiger partial charge on any atom is -0.253 e. The Morgan fingerprint density at radius 3 is 2.40 bits per heavy atom. The highest BCUT2D eigenvalue weighted by atomic mass is 32.2. The molecular weight excluding hydrogens is 206 g/mol. The lowest BCUT2D eigenvalue weighted by Gasteiger charge is -2.18. The Bertz CT molecular complexity index is 338. The summed E-state index contributed by atoms with van der Waals surface area (Å²) in [4.78, 5) is 4.26. The number of hydrogen-bond acceptors (Lipinski definition) is 2. The molecule has 3 heteroatoms. The summed E-state index contributed by atoms with van der Waals surface area (Å²) in [6, 6.07) is 3.91. The first-order valence-corrected chi connectivity index (χ1v) is 6.62. The fraction of sp³-hybridized carbons (Fsp3) is 0.583. The smallest absolute Gasteiger partial charge is 0.127 e. The number of aromatic nitrogens is 1. The van der Waals surface area contributed by atoms with Crippen molar-refractivity contribution in [1.82, 2.24) is 4.98 Å². The van der Waals surface area contributed by atoms with Crippen LogP contribution in [0.5, 0.6) is 0 Å². The maximum atomic E-state index is 11.7. The summed E-state index contributed by atoms with van der Waals surface area (Å²) in [6.45, 7) is 8.47. The SMILES string of the molecule is CCCS(=O)c1ccc(C(C)(C)C)cn1. The van der Waals surface area contributed by atoms with Gasteiger partial charge in [0.25, 0.3) is 0 Å². The van der Waals surface area contributed by atoms with Gasteiger partial charge in [-0.1, -0.05) is 33.8 Å². The molecule has 0 radical (unpaired) electrons. The Labute approximate surface area is 94.6 Å². The Morgan fingerprint density at radius 2 is 2.00 bits per heavy atom. The molecule has 1 heterocycles. The molecule has 0 saturated heterocycles. The van der Waals surface area contributed by atoms with Crippen LogP contribution in [-0.4, -0.2) is 14.9 Å². The van der Waals surface area contributed by atoms with Gasteiger partial charge in [-0.25, -0.2) is 4.98 Å². The van der Waals surface area contributed by atoms with E-state index in [0.717, 1.165) is 6.42 Å². The van der Waals surface area contributed by atoms with Crippen molar-refractivity contribution in [2.75, 3.05) is 5.75 Å². The molecule has 1 rings (SSSR count). The van der Waals surface area contributed by atoms with Crippen molar-refractivity contribution < 1.29 is 4.21 Å². The van der Waals surface area contributed by atoms with Gasteiger partial charge in [-0.2, -0.15) is 0 Å². The van der Waals surface area contributed by atoms with Gasteiger partial charge < -0.3 is 0 Å². The molecule has 1 aromatic rings. The Hall–Kier alpha value is -0.700. The van der Waals surface area contributed by atoms with Crippen LogP contribution in [0.2, 0.25) is 0 Å². The lowest BCUT2D eigenvalue weighted by atomic mass is 9.88. The van der Waals surface area contributed by atoms with E-state index in [4.69, 9.17) is 0 Å². The van der Waals surface area contributed by atoms with Crippen LogP contribution in [0.15, 0.2) is 23.4 Å². The van der Waals surface area contributed by atoms with E-state index in [9.17, 15) is 4.21 Å². The van der Waals surface area contributed by atoms with Crippen molar-refractivity contribution in [3.05, 3.63) is 23.9 Å². The molecule has 0 aliphatic heterocycles. The monoisotopic (exact) mass is 225 g/mol. The molecule has 84 valence electrons. The van der Waals surface area contributed by atoms with Crippen molar-refractivity contribution >= 4 is 10.8 Å². The van der Waals surface area contributed by atoms with Crippen LogP contribution < -0.4 is 0 Å². The van der Waals surface area contributed by atoms with Gasteiger partial charge in [-0.3, -0.25) is 4.21 Å². The lowest BCUT2D eigenvalue weighted by Crippen LogP contribution is -2.12. The van der Waals surface area contributed by atoms with E-state index in [0.29, 0.717) is 10.8 Å². The van der Waals surface area contributed by atoms with E-state index in [1.807, 2.05) is 25.3 Å². The third-order valence-corrected chi connectivity index (χ3v) is 3.71. The molecule has 0 N–H and O–H groups in total. The van der Waals surface area contributed by atoms with Crippen LogP contribution in [0.3, 0.4) is 0 Å². The summed E-state index contributed by atoms with van der Waals surface area (Å²) in [7, 11) is -0.930. The quantitative estimate of drug-likeness (QED) is 0.791. The van der Waals surface area contributed by atoms with Crippen LogP contribution >= 0.6 is 0 Å². The van der Waals surface area contributed by atoms with E-state index in [2.05, 4.69) is 25.8 Å². The zero-order valence-corrected chi connectivity index (χ0v) is 10.7. The van der Waals surface area contributed by atoms with Crippen LogP contribution in [0.1, 0.15) is 39.7 Å². The molecule has 0 bridgehead atoms. The summed E-state index contributed by atoms with van der Waals surface area (Å²) in [5.41, 5.74) is 1.29. The average Bonchev–Trinajstić information content (AvgIpc) is 2.17. The first-order chi connectivity index (χ1) is 6.95. The van der Waals surface area contributed by atoms with Crippen LogP contribution in [-0.2, 0) is 16.2 Å². The molecule has 0 aromatic carbocycles. The van der Waals surface area contributed by atoms with Gasteiger partial charge in [0.05, 0.1) is 10.8 Å². The molecule has 1 atom stereocenters. The second-order valence-corrected chi connectivity index (χ2v) is 6.20. The lowest BCUT2D eigenvalue weighted by molar-refractivity contribution is 0.585. The standard InChI is InChI=1S/C12H19NOS/c1-5-8-15(14)11-7-6-10(9-13-11)12(2,3)4/h6-7,9H,5,8H2,1-4H3. The van der Waals surface area contributed by atoms with Crippen LogP contribution in [0.25, 0.3) is 0 Å². The first-order valence-electron chi connectivity index (χ1n) is 5.30. The van der Waals surface area contributed by atoms with Gasteiger partial charge in [0.2, 0.25) is 0 Å². The molecule has 0 fully saturated rings. The minimum absolute atomic E-state index is 0.109. The fourth-order valence-electron chi connectivity index (χ4n) is 1.25. The van der Waals surface area contributed by atoms with E-state index < -0.39 is 10.8 Å². The third kappa shape index (κ3) is 3.42. The second-order valence-electron chi connectivity index (χ2n) is 4.68. The molecule has 0 aliphatic rings. The Kier molecular flexibility index (Phi) is 4.03. The van der Waals surface area contributed by atoms with Crippen molar-refractivity contribution in [2.24, 2.45) is 0 Å². The second kappa shape index (κ2) is 4.88. The molecule has 2 nitrogen and oxygen atoms in total. The van der Waals surface area contributed by atoms with Crippen molar-refractivity contribution in [1.29, 1.82) is 0 Å². The molecule has 0 amide bonds. The topological polar surface area (TPSA) is 30.0 Å². The largest absolute Gasteiger partial charge is 0.253 e. The number of pyridine rings is 1. The van der Waals surface area contributed by atoms with E-state index in [1.165, 1.54) is 5.56 Å². The Morgan fingerprint density at radius 1 is 1.33 bits per heavy atom. The van der Waals surface area contributed by atoms with Gasteiger partial charge in [-0.15, -0.1) is 0 Å². The minimum atomic E-state index is -0.930. The maximum Gasteiger partial charge on any atom is 0.127 e. The summed E-state index contributed by atoms with van der Waals surface area (Å²) < 4.78 is 11.7. The summed E-state index contributed by atoms with van der Waals surface area (Å²) in [5, 5.41) is 0.699. The van der Waals surface area contributed by atoms with Crippen molar-refractivity contribution in [3.63, 3.8) is 0 Å². The van der Waals surface area contributed by atoms with Crippen LogP contribution in [0.4, 0.5) is 0 Å². The van der Waals surface area contributed by atoms with E-state index in [1.54, 1.807) is 0 Å². The van der Waals surface area contributed by atoms with E-state index >= 15 is 0 Å². The third-order valence-electron chi connectivity index (χ3n) is 2.23.